The first-order valence-electron chi connectivity index (χ1n) is 8.77. The van der Waals surface area contributed by atoms with Crippen LogP contribution >= 0.6 is 0 Å². The van der Waals surface area contributed by atoms with Crippen LogP contribution in [-0.2, 0) is 21.2 Å². The van der Waals surface area contributed by atoms with Gasteiger partial charge in [-0.15, -0.1) is 0 Å². The van der Waals surface area contributed by atoms with Gasteiger partial charge < -0.3 is 9.64 Å². The minimum absolute atomic E-state index is 0.0990. The van der Waals surface area contributed by atoms with E-state index in [1.807, 2.05) is 12.3 Å². The fourth-order valence-corrected chi connectivity index (χ4v) is 4.01. The van der Waals surface area contributed by atoms with Crippen LogP contribution in [0.25, 0.3) is 0 Å². The molecule has 0 bridgehead atoms. The normalized spacial score (nSPS) is 15.6. The summed E-state index contributed by atoms with van der Waals surface area (Å²) in [6, 6.07) is 8.38. The van der Waals surface area contributed by atoms with Gasteiger partial charge in [0, 0.05) is 25.5 Å². The molecule has 1 fully saturated rings. The molecule has 8 heteroatoms. The molecular weight excluding hydrogens is 366 g/mol. The van der Waals surface area contributed by atoms with Crippen molar-refractivity contribution in [3.8, 4) is 0 Å². The highest BCUT2D eigenvalue weighted by molar-refractivity contribution is 7.89. The molecule has 27 heavy (non-hydrogen) atoms. The summed E-state index contributed by atoms with van der Waals surface area (Å²) in [6.07, 6.45) is 6.61. The van der Waals surface area contributed by atoms with Gasteiger partial charge in [0.05, 0.1) is 23.3 Å². The summed E-state index contributed by atoms with van der Waals surface area (Å²) in [5.74, 6) is -0.0243. The second-order valence-corrected chi connectivity index (χ2v) is 8.27. The first kappa shape index (κ1) is 19.3. The van der Waals surface area contributed by atoms with Crippen molar-refractivity contribution < 1.29 is 17.9 Å². The van der Waals surface area contributed by atoms with Gasteiger partial charge in [-0.3, -0.25) is 4.98 Å². The Balaban J connectivity index is 1.76. The number of aromatic nitrogens is 1. The number of ether oxygens (including phenoxy) is 1. The van der Waals surface area contributed by atoms with E-state index in [-0.39, 0.29) is 10.5 Å². The van der Waals surface area contributed by atoms with Gasteiger partial charge in [0.25, 0.3) is 0 Å². The summed E-state index contributed by atoms with van der Waals surface area (Å²) in [7, 11) is -2.62. The average Bonchev–Trinajstić information content (AvgIpc) is 2.67. The summed E-state index contributed by atoms with van der Waals surface area (Å²) in [4.78, 5) is 18.3. The number of esters is 1. The Morgan fingerprint density at radius 3 is 2.63 bits per heavy atom. The number of nitrogens with zero attached hydrogens (tertiary/aromatic N) is 2. The molecule has 1 saturated heterocycles. The van der Waals surface area contributed by atoms with Gasteiger partial charge in [0.15, 0.2) is 0 Å². The number of methoxy groups -OCH3 is 1. The highest BCUT2D eigenvalue weighted by atomic mass is 32.2. The fourth-order valence-electron chi connectivity index (χ4n) is 3.47. The SMILES string of the molecule is COC(=O)c1cc(S(N)(=O)=O)ccc1N1CCC(Cc2cccnc2)CC1. The molecule has 0 unspecified atom stereocenters. The van der Waals surface area contributed by atoms with Crippen molar-refractivity contribution in [3.63, 3.8) is 0 Å². The average molecular weight is 389 g/mol. The molecule has 7 nitrogen and oxygen atoms in total. The lowest BCUT2D eigenvalue weighted by Gasteiger charge is -2.34. The quantitative estimate of drug-likeness (QED) is 0.785. The molecule has 2 N–H and O–H groups in total. The molecule has 144 valence electrons. The van der Waals surface area contributed by atoms with Crippen LogP contribution in [0.1, 0.15) is 28.8 Å². The van der Waals surface area contributed by atoms with Gasteiger partial charge in [-0.2, -0.15) is 0 Å². The maximum Gasteiger partial charge on any atom is 0.340 e. The van der Waals surface area contributed by atoms with E-state index in [0.29, 0.717) is 11.6 Å². The summed E-state index contributed by atoms with van der Waals surface area (Å²) in [5, 5.41) is 5.19. The third-order valence-electron chi connectivity index (χ3n) is 4.90. The molecule has 0 spiro atoms. The van der Waals surface area contributed by atoms with Gasteiger partial charge in [-0.05, 0) is 55.0 Å². The zero-order valence-electron chi connectivity index (χ0n) is 15.2. The molecule has 0 saturated carbocycles. The number of pyridine rings is 1. The molecule has 0 aliphatic carbocycles. The van der Waals surface area contributed by atoms with Crippen LogP contribution in [0.4, 0.5) is 5.69 Å². The standard InChI is InChI=1S/C19H23N3O4S/c1-26-19(23)17-12-16(27(20,24)25)4-5-18(17)22-9-6-14(7-10-22)11-15-3-2-8-21-13-15/h2-5,8,12-14H,6-7,9-11H2,1H3,(H2,20,24,25). The zero-order valence-corrected chi connectivity index (χ0v) is 16.0. The van der Waals surface area contributed by atoms with E-state index in [0.717, 1.165) is 32.4 Å². The molecule has 2 aromatic rings. The van der Waals surface area contributed by atoms with Crippen LogP contribution < -0.4 is 10.0 Å². The van der Waals surface area contributed by atoms with Crippen molar-refractivity contribution in [1.29, 1.82) is 0 Å². The molecule has 1 aromatic carbocycles. The number of rotatable bonds is 5. The maximum absolute atomic E-state index is 12.2. The minimum Gasteiger partial charge on any atom is -0.465 e. The topological polar surface area (TPSA) is 103 Å². The second kappa shape index (κ2) is 8.06. The predicted octanol–water partition coefficient (Wildman–Crippen LogP) is 1.97. The number of carbonyl (C=O) groups excluding carboxylic acids is 1. The molecule has 0 radical (unpaired) electrons. The van der Waals surface area contributed by atoms with Crippen molar-refractivity contribution in [2.75, 3.05) is 25.1 Å². The van der Waals surface area contributed by atoms with Gasteiger partial charge >= 0.3 is 5.97 Å². The lowest BCUT2D eigenvalue weighted by atomic mass is 9.90. The monoisotopic (exact) mass is 389 g/mol. The van der Waals surface area contributed by atoms with Crippen LogP contribution in [0.2, 0.25) is 0 Å². The Labute approximate surface area is 159 Å². The Bertz CT molecular complexity index is 908. The summed E-state index contributed by atoms with van der Waals surface area (Å²) in [6.45, 7) is 1.56. The first-order chi connectivity index (χ1) is 12.9. The molecule has 1 aliphatic heterocycles. The fraction of sp³-hybridized carbons (Fsp3) is 0.368. The highest BCUT2D eigenvalue weighted by Crippen LogP contribution is 2.30. The van der Waals surface area contributed by atoms with Crippen LogP contribution in [0.3, 0.4) is 0 Å². The lowest BCUT2D eigenvalue weighted by molar-refractivity contribution is 0.0601. The molecule has 1 aromatic heterocycles. The molecule has 2 heterocycles. The van der Waals surface area contributed by atoms with Gasteiger partial charge in [-0.25, -0.2) is 18.4 Å². The number of carbonyl (C=O) groups is 1. The third kappa shape index (κ3) is 4.64. The van der Waals surface area contributed by atoms with Gasteiger partial charge in [0.2, 0.25) is 10.0 Å². The van der Waals surface area contributed by atoms with Crippen LogP contribution in [0, 0.1) is 5.92 Å². The number of hydrogen-bond donors (Lipinski definition) is 1. The van der Waals surface area contributed by atoms with E-state index in [4.69, 9.17) is 9.88 Å². The van der Waals surface area contributed by atoms with Crippen molar-refractivity contribution in [3.05, 3.63) is 53.9 Å². The van der Waals surface area contributed by atoms with Crippen molar-refractivity contribution >= 4 is 21.7 Å². The second-order valence-electron chi connectivity index (χ2n) is 6.71. The largest absolute Gasteiger partial charge is 0.465 e. The summed E-state index contributed by atoms with van der Waals surface area (Å²) < 4.78 is 28.0. The number of benzene rings is 1. The molecule has 3 rings (SSSR count). The van der Waals surface area contributed by atoms with Crippen LogP contribution in [0.15, 0.2) is 47.6 Å². The number of hydrogen-bond acceptors (Lipinski definition) is 6. The predicted molar refractivity (Wildman–Crippen MR) is 102 cm³/mol. The van der Waals surface area contributed by atoms with E-state index in [1.54, 1.807) is 12.3 Å². The number of piperidine rings is 1. The lowest BCUT2D eigenvalue weighted by Crippen LogP contribution is -2.35. The smallest absolute Gasteiger partial charge is 0.340 e. The van der Waals surface area contributed by atoms with Gasteiger partial charge in [-0.1, -0.05) is 6.07 Å². The third-order valence-corrected chi connectivity index (χ3v) is 5.82. The van der Waals surface area contributed by atoms with Crippen molar-refractivity contribution in [2.24, 2.45) is 11.1 Å². The summed E-state index contributed by atoms with van der Waals surface area (Å²) in [5.41, 5.74) is 2.12. The molecular formula is C19H23N3O4S. The van der Waals surface area contributed by atoms with E-state index in [9.17, 15) is 13.2 Å². The number of nitrogens with two attached hydrogens (primary N) is 1. The van der Waals surface area contributed by atoms with E-state index in [2.05, 4.69) is 16.0 Å². The Morgan fingerprint density at radius 2 is 2.04 bits per heavy atom. The highest BCUT2D eigenvalue weighted by Gasteiger charge is 2.25. The Kier molecular flexibility index (Phi) is 5.76. The van der Waals surface area contributed by atoms with Crippen LogP contribution in [0.5, 0.6) is 0 Å². The zero-order chi connectivity index (χ0) is 19.4. The van der Waals surface area contributed by atoms with Gasteiger partial charge in [0.1, 0.15) is 0 Å². The molecule has 0 atom stereocenters. The molecule has 1 aliphatic rings. The van der Waals surface area contributed by atoms with E-state index < -0.39 is 16.0 Å². The Hall–Kier alpha value is -2.45. The van der Waals surface area contributed by atoms with Crippen LogP contribution in [-0.4, -0.2) is 39.6 Å². The van der Waals surface area contributed by atoms with Crippen molar-refractivity contribution in [1.82, 2.24) is 4.98 Å². The van der Waals surface area contributed by atoms with Crippen molar-refractivity contribution in [2.45, 2.75) is 24.2 Å². The Morgan fingerprint density at radius 1 is 1.30 bits per heavy atom. The number of primary sulfonamides is 1. The van der Waals surface area contributed by atoms with E-state index >= 15 is 0 Å². The minimum atomic E-state index is -3.89. The first-order valence-corrected chi connectivity index (χ1v) is 10.3. The molecule has 0 amide bonds. The number of sulfonamides is 1. The maximum atomic E-state index is 12.2. The summed E-state index contributed by atoms with van der Waals surface area (Å²) >= 11 is 0. The van der Waals surface area contributed by atoms with E-state index in [1.165, 1.54) is 24.8 Å². The number of anilines is 1.